The zero-order valence-electron chi connectivity index (χ0n) is 7.14. The Kier molecular flexibility index (Phi) is 2.31. The minimum Gasteiger partial charge on any atom is -0.467 e. The average Bonchev–Trinajstić information content (AvgIpc) is 2.63. The number of nitrogens with zero attached hydrogens (tertiary/aromatic N) is 1. The highest BCUT2D eigenvalue weighted by Gasteiger charge is 2.27. The summed E-state index contributed by atoms with van der Waals surface area (Å²) in [5.41, 5.74) is 0. The number of carbonyl (C=O) groups is 1. The van der Waals surface area contributed by atoms with Crippen molar-refractivity contribution in [3.8, 4) is 0 Å². The van der Waals surface area contributed by atoms with Gasteiger partial charge in [0.2, 0.25) is 5.91 Å². The van der Waals surface area contributed by atoms with Crippen molar-refractivity contribution in [1.29, 1.82) is 0 Å². The Morgan fingerprint density at radius 2 is 2.54 bits per heavy atom. The van der Waals surface area contributed by atoms with Crippen LogP contribution < -0.4 is 0 Å². The van der Waals surface area contributed by atoms with Crippen molar-refractivity contribution >= 4 is 18.5 Å². The molecule has 1 atom stereocenters. The molecule has 13 heavy (non-hydrogen) atoms. The van der Waals surface area contributed by atoms with E-state index in [0.717, 1.165) is 12.3 Å². The first-order valence-corrected chi connectivity index (χ1v) is 4.75. The van der Waals surface area contributed by atoms with E-state index in [2.05, 4.69) is 12.6 Å². The van der Waals surface area contributed by atoms with Gasteiger partial charge in [-0.2, -0.15) is 12.6 Å². The molecular weight excluding hydrogens is 186 g/mol. The van der Waals surface area contributed by atoms with Crippen LogP contribution in [0.5, 0.6) is 0 Å². The number of hydrogen-bond donors (Lipinski definition) is 1. The van der Waals surface area contributed by atoms with Crippen molar-refractivity contribution in [2.45, 2.75) is 18.2 Å². The summed E-state index contributed by atoms with van der Waals surface area (Å²) in [4.78, 5) is 13.1. The van der Waals surface area contributed by atoms with Crippen LogP contribution in [0.1, 0.15) is 12.2 Å². The molecule has 0 aromatic carbocycles. The quantitative estimate of drug-likeness (QED) is 0.725. The molecule has 0 saturated carbocycles. The highest BCUT2D eigenvalue weighted by atomic mass is 32.1. The van der Waals surface area contributed by atoms with E-state index in [1.807, 2.05) is 12.1 Å². The van der Waals surface area contributed by atoms with Gasteiger partial charge in [0, 0.05) is 18.2 Å². The molecule has 4 heteroatoms. The van der Waals surface area contributed by atoms with Crippen LogP contribution in [0.4, 0.5) is 0 Å². The number of likely N-dealkylation sites (tertiary alicyclic amines) is 1. The number of hydrogen-bond acceptors (Lipinski definition) is 3. The van der Waals surface area contributed by atoms with Gasteiger partial charge in [0.25, 0.3) is 0 Å². The lowest BCUT2D eigenvalue weighted by Gasteiger charge is -2.13. The van der Waals surface area contributed by atoms with Crippen LogP contribution >= 0.6 is 12.6 Å². The van der Waals surface area contributed by atoms with Gasteiger partial charge < -0.3 is 9.32 Å². The Bertz CT molecular complexity index is 297. The van der Waals surface area contributed by atoms with Gasteiger partial charge in [-0.1, -0.05) is 0 Å². The van der Waals surface area contributed by atoms with Gasteiger partial charge in [0.1, 0.15) is 5.76 Å². The van der Waals surface area contributed by atoms with Gasteiger partial charge in [0.05, 0.1) is 12.8 Å². The first-order valence-electron chi connectivity index (χ1n) is 4.24. The average molecular weight is 197 g/mol. The highest BCUT2D eigenvalue weighted by molar-refractivity contribution is 7.81. The second kappa shape index (κ2) is 3.46. The van der Waals surface area contributed by atoms with E-state index in [1.165, 1.54) is 0 Å². The number of carbonyl (C=O) groups excluding carboxylic acids is 1. The summed E-state index contributed by atoms with van der Waals surface area (Å²) >= 11 is 4.27. The first kappa shape index (κ1) is 8.69. The first-order chi connectivity index (χ1) is 6.25. The molecule has 1 unspecified atom stereocenters. The molecule has 2 rings (SSSR count). The number of thiol groups is 1. The lowest BCUT2D eigenvalue weighted by atomic mass is 10.4. The summed E-state index contributed by atoms with van der Waals surface area (Å²) in [5, 5.41) is 0.183. The maximum absolute atomic E-state index is 11.3. The maximum Gasteiger partial charge on any atom is 0.224 e. The molecule has 70 valence electrons. The van der Waals surface area contributed by atoms with Gasteiger partial charge >= 0.3 is 0 Å². The van der Waals surface area contributed by atoms with Gasteiger partial charge in [-0.15, -0.1) is 0 Å². The van der Waals surface area contributed by atoms with Crippen molar-refractivity contribution in [2.24, 2.45) is 0 Å². The van der Waals surface area contributed by atoms with Gasteiger partial charge in [0.15, 0.2) is 0 Å². The van der Waals surface area contributed by atoms with Crippen molar-refractivity contribution < 1.29 is 9.21 Å². The van der Waals surface area contributed by atoms with Crippen LogP contribution in [-0.2, 0) is 11.3 Å². The molecule has 2 heterocycles. The molecule has 0 aliphatic carbocycles. The monoisotopic (exact) mass is 197 g/mol. The second-order valence-electron chi connectivity index (χ2n) is 3.21. The third-order valence-corrected chi connectivity index (χ3v) is 2.47. The maximum atomic E-state index is 11.3. The fourth-order valence-electron chi connectivity index (χ4n) is 1.49. The standard InChI is InChI=1S/C9H11NO2S/c11-9-4-8(13)6-10(9)5-7-2-1-3-12-7/h1-3,8,13H,4-6H2. The zero-order chi connectivity index (χ0) is 9.26. The fraction of sp³-hybridized carbons (Fsp3) is 0.444. The molecule has 1 aromatic heterocycles. The lowest BCUT2D eigenvalue weighted by molar-refractivity contribution is -0.128. The number of rotatable bonds is 2. The van der Waals surface area contributed by atoms with Crippen LogP contribution in [0.15, 0.2) is 22.8 Å². The third-order valence-electron chi connectivity index (χ3n) is 2.12. The summed E-state index contributed by atoms with van der Waals surface area (Å²) in [5.74, 6) is 0.993. The molecule has 0 bridgehead atoms. The minimum absolute atomic E-state index is 0.163. The zero-order valence-corrected chi connectivity index (χ0v) is 8.04. The normalized spacial score (nSPS) is 22.7. The summed E-state index contributed by atoms with van der Waals surface area (Å²) in [6, 6.07) is 3.70. The molecule has 1 amide bonds. The Hall–Kier alpha value is -0.900. The second-order valence-corrected chi connectivity index (χ2v) is 3.94. The lowest BCUT2D eigenvalue weighted by Crippen LogP contribution is -2.24. The smallest absolute Gasteiger partial charge is 0.224 e. The molecule has 0 spiro atoms. The molecule has 3 nitrogen and oxygen atoms in total. The van der Waals surface area contributed by atoms with E-state index in [0.29, 0.717) is 13.0 Å². The van der Waals surface area contributed by atoms with Crippen LogP contribution in [0.2, 0.25) is 0 Å². The van der Waals surface area contributed by atoms with Crippen LogP contribution in [0.3, 0.4) is 0 Å². The summed E-state index contributed by atoms with van der Waals surface area (Å²) in [6.07, 6.45) is 2.16. The van der Waals surface area contributed by atoms with Crippen LogP contribution in [-0.4, -0.2) is 22.6 Å². The van der Waals surface area contributed by atoms with E-state index in [-0.39, 0.29) is 11.2 Å². The highest BCUT2D eigenvalue weighted by Crippen LogP contribution is 2.18. The summed E-state index contributed by atoms with van der Waals surface area (Å²) < 4.78 is 5.16. The van der Waals surface area contributed by atoms with E-state index < -0.39 is 0 Å². The molecular formula is C9H11NO2S. The van der Waals surface area contributed by atoms with Crippen LogP contribution in [0, 0.1) is 0 Å². The molecule has 0 radical (unpaired) electrons. The summed E-state index contributed by atoms with van der Waals surface area (Å²) in [7, 11) is 0. The fourth-order valence-corrected chi connectivity index (χ4v) is 1.85. The predicted molar refractivity (Wildman–Crippen MR) is 51.5 cm³/mol. The van der Waals surface area contributed by atoms with E-state index in [1.54, 1.807) is 11.2 Å². The number of amides is 1. The summed E-state index contributed by atoms with van der Waals surface area (Å²) in [6.45, 7) is 1.30. The van der Waals surface area contributed by atoms with Gasteiger partial charge in [-0.05, 0) is 12.1 Å². The predicted octanol–water partition coefficient (Wildman–Crippen LogP) is 1.31. The van der Waals surface area contributed by atoms with Crippen molar-refractivity contribution in [3.63, 3.8) is 0 Å². The Labute approximate surface area is 82.1 Å². The molecule has 1 aliphatic rings. The van der Waals surface area contributed by atoms with E-state index >= 15 is 0 Å². The van der Waals surface area contributed by atoms with Crippen molar-refractivity contribution in [2.75, 3.05) is 6.54 Å². The van der Waals surface area contributed by atoms with Crippen molar-refractivity contribution in [3.05, 3.63) is 24.2 Å². The van der Waals surface area contributed by atoms with Crippen LogP contribution in [0.25, 0.3) is 0 Å². The number of furan rings is 1. The van der Waals surface area contributed by atoms with Crippen molar-refractivity contribution in [1.82, 2.24) is 4.90 Å². The largest absolute Gasteiger partial charge is 0.467 e. The molecule has 1 fully saturated rings. The minimum atomic E-state index is 0.163. The molecule has 1 saturated heterocycles. The Morgan fingerprint density at radius 3 is 3.08 bits per heavy atom. The van der Waals surface area contributed by atoms with E-state index in [9.17, 15) is 4.79 Å². The van der Waals surface area contributed by atoms with E-state index in [4.69, 9.17) is 4.42 Å². The third kappa shape index (κ3) is 1.88. The topological polar surface area (TPSA) is 33.5 Å². The van der Waals surface area contributed by atoms with Gasteiger partial charge in [-0.25, -0.2) is 0 Å². The Balaban J connectivity index is 1.99. The van der Waals surface area contributed by atoms with Gasteiger partial charge in [-0.3, -0.25) is 4.79 Å². The molecule has 1 aliphatic heterocycles. The molecule has 1 aromatic rings. The Morgan fingerprint density at radius 1 is 1.69 bits per heavy atom. The molecule has 0 N–H and O–H groups in total. The SMILES string of the molecule is O=C1CC(S)CN1Cc1ccco1.